The van der Waals surface area contributed by atoms with Crippen molar-refractivity contribution in [3.8, 4) is 6.01 Å². The minimum Gasteiger partial charge on any atom is -0.463 e. The zero-order valence-electron chi connectivity index (χ0n) is 8.12. The Kier molecular flexibility index (Phi) is 3.10. The normalized spacial score (nSPS) is 16.5. The van der Waals surface area contributed by atoms with Crippen LogP contribution in [0, 0.1) is 0 Å². The molecule has 0 aliphatic carbocycles. The van der Waals surface area contributed by atoms with Gasteiger partial charge in [-0.15, -0.1) is 4.37 Å². The van der Waals surface area contributed by atoms with Crippen LogP contribution in [0.3, 0.4) is 0 Å². The third-order valence-corrected chi connectivity index (χ3v) is 2.76. The molecule has 0 saturated heterocycles. The Morgan fingerprint density at radius 3 is 3.29 bits per heavy atom. The predicted octanol–water partition coefficient (Wildman–Crippen LogP) is 1.31. The lowest BCUT2D eigenvalue weighted by molar-refractivity contribution is 0.317. The van der Waals surface area contributed by atoms with Gasteiger partial charge in [-0.2, -0.15) is 4.98 Å². The molecule has 1 aliphatic rings. The first kappa shape index (κ1) is 9.61. The molecule has 0 unspecified atom stereocenters. The fourth-order valence-electron chi connectivity index (χ4n) is 1.33. The van der Waals surface area contributed by atoms with Crippen molar-refractivity contribution in [2.75, 3.05) is 19.7 Å². The molecule has 1 N–H and O–H groups in total. The van der Waals surface area contributed by atoms with Gasteiger partial charge in [-0.1, -0.05) is 6.08 Å². The van der Waals surface area contributed by atoms with Crippen molar-refractivity contribution in [2.24, 2.45) is 0 Å². The van der Waals surface area contributed by atoms with Crippen molar-refractivity contribution < 1.29 is 4.74 Å². The predicted molar refractivity (Wildman–Crippen MR) is 56.5 cm³/mol. The molecule has 0 radical (unpaired) electrons. The molecule has 0 aromatic carbocycles. The second kappa shape index (κ2) is 4.52. The monoisotopic (exact) mass is 211 g/mol. The van der Waals surface area contributed by atoms with E-state index in [1.165, 1.54) is 17.1 Å². The molecule has 5 heteroatoms. The molecule has 2 heterocycles. The summed E-state index contributed by atoms with van der Waals surface area (Å²) in [5.41, 5.74) is 1.24. The SMILES string of the molecule is CCOc1nsc(C2=CCCNC2)n1. The summed E-state index contributed by atoms with van der Waals surface area (Å²) in [6.07, 6.45) is 3.28. The van der Waals surface area contributed by atoms with Crippen LogP contribution in [0.1, 0.15) is 18.4 Å². The van der Waals surface area contributed by atoms with Gasteiger partial charge in [-0.3, -0.25) is 0 Å². The molecular weight excluding hydrogens is 198 g/mol. The smallest absolute Gasteiger partial charge is 0.328 e. The molecule has 2 rings (SSSR count). The second-order valence-electron chi connectivity index (χ2n) is 3.01. The minimum atomic E-state index is 0.499. The molecular formula is C9H13N3OS. The fourth-order valence-corrected chi connectivity index (χ4v) is 1.98. The molecule has 76 valence electrons. The summed E-state index contributed by atoms with van der Waals surface area (Å²) < 4.78 is 9.34. The average molecular weight is 211 g/mol. The van der Waals surface area contributed by atoms with Crippen molar-refractivity contribution in [3.05, 3.63) is 11.1 Å². The molecule has 1 aromatic rings. The van der Waals surface area contributed by atoms with E-state index in [2.05, 4.69) is 20.8 Å². The summed E-state index contributed by atoms with van der Waals surface area (Å²) in [4.78, 5) is 4.30. The summed E-state index contributed by atoms with van der Waals surface area (Å²) in [7, 11) is 0. The van der Waals surface area contributed by atoms with Gasteiger partial charge in [0.05, 0.1) is 6.61 Å². The maximum atomic E-state index is 5.22. The summed E-state index contributed by atoms with van der Waals surface area (Å²) in [5.74, 6) is 0. The molecule has 0 saturated carbocycles. The lowest BCUT2D eigenvalue weighted by atomic mass is 10.2. The summed E-state index contributed by atoms with van der Waals surface area (Å²) in [6.45, 7) is 4.50. The van der Waals surface area contributed by atoms with E-state index in [0.29, 0.717) is 12.6 Å². The maximum Gasteiger partial charge on any atom is 0.328 e. The second-order valence-corrected chi connectivity index (χ2v) is 3.76. The van der Waals surface area contributed by atoms with Crippen molar-refractivity contribution in [3.63, 3.8) is 0 Å². The lowest BCUT2D eigenvalue weighted by Crippen LogP contribution is -2.21. The molecule has 0 fully saturated rings. The number of rotatable bonds is 3. The Balaban J connectivity index is 2.11. The summed E-state index contributed by atoms with van der Waals surface area (Å²) >= 11 is 1.40. The zero-order valence-corrected chi connectivity index (χ0v) is 8.93. The van der Waals surface area contributed by atoms with Crippen LogP contribution in [0.2, 0.25) is 0 Å². The van der Waals surface area contributed by atoms with Crippen LogP contribution in [0.4, 0.5) is 0 Å². The molecule has 0 atom stereocenters. The Labute approximate surface area is 87.2 Å². The third-order valence-electron chi connectivity index (χ3n) is 1.98. The molecule has 14 heavy (non-hydrogen) atoms. The number of nitrogens with zero attached hydrogens (tertiary/aromatic N) is 2. The van der Waals surface area contributed by atoms with Gasteiger partial charge >= 0.3 is 6.01 Å². The topological polar surface area (TPSA) is 47.0 Å². The van der Waals surface area contributed by atoms with Crippen LogP contribution < -0.4 is 10.1 Å². The number of aromatic nitrogens is 2. The molecule has 0 spiro atoms. The van der Waals surface area contributed by atoms with Gasteiger partial charge in [-0.05, 0) is 37.0 Å². The Hall–Kier alpha value is -0.940. The Morgan fingerprint density at radius 2 is 2.57 bits per heavy atom. The lowest BCUT2D eigenvalue weighted by Gasteiger charge is -2.10. The van der Waals surface area contributed by atoms with Gasteiger partial charge in [0.2, 0.25) is 0 Å². The molecule has 0 bridgehead atoms. The molecule has 1 aromatic heterocycles. The van der Waals surface area contributed by atoms with Crippen LogP contribution in [-0.4, -0.2) is 29.1 Å². The summed E-state index contributed by atoms with van der Waals surface area (Å²) in [5, 5.41) is 4.28. The van der Waals surface area contributed by atoms with Crippen LogP contribution in [0.25, 0.3) is 5.57 Å². The van der Waals surface area contributed by atoms with Crippen molar-refractivity contribution in [1.29, 1.82) is 0 Å². The average Bonchev–Trinajstić information content (AvgIpc) is 2.68. The van der Waals surface area contributed by atoms with Crippen molar-refractivity contribution >= 4 is 17.1 Å². The van der Waals surface area contributed by atoms with E-state index in [9.17, 15) is 0 Å². The minimum absolute atomic E-state index is 0.499. The van der Waals surface area contributed by atoms with E-state index in [1.807, 2.05) is 6.92 Å². The molecule has 4 nitrogen and oxygen atoms in total. The number of nitrogens with one attached hydrogen (secondary N) is 1. The van der Waals surface area contributed by atoms with Gasteiger partial charge in [0, 0.05) is 6.54 Å². The van der Waals surface area contributed by atoms with Gasteiger partial charge in [0.25, 0.3) is 0 Å². The standard InChI is InChI=1S/C9H13N3OS/c1-2-13-9-11-8(14-12-9)7-4-3-5-10-6-7/h4,10H,2-3,5-6H2,1H3. The van der Waals surface area contributed by atoms with E-state index in [-0.39, 0.29) is 0 Å². The van der Waals surface area contributed by atoms with Crippen molar-refractivity contribution in [2.45, 2.75) is 13.3 Å². The highest BCUT2D eigenvalue weighted by molar-refractivity contribution is 7.06. The van der Waals surface area contributed by atoms with E-state index >= 15 is 0 Å². The van der Waals surface area contributed by atoms with Crippen LogP contribution in [0.15, 0.2) is 6.08 Å². The van der Waals surface area contributed by atoms with Gasteiger partial charge in [0.15, 0.2) is 0 Å². The van der Waals surface area contributed by atoms with Crippen LogP contribution in [-0.2, 0) is 0 Å². The largest absolute Gasteiger partial charge is 0.463 e. The molecule has 1 aliphatic heterocycles. The van der Waals surface area contributed by atoms with E-state index in [4.69, 9.17) is 4.74 Å². The van der Waals surface area contributed by atoms with Crippen molar-refractivity contribution in [1.82, 2.24) is 14.7 Å². The quantitative estimate of drug-likeness (QED) is 0.819. The highest BCUT2D eigenvalue weighted by Crippen LogP contribution is 2.21. The Bertz CT molecular complexity index is 335. The zero-order chi connectivity index (χ0) is 9.80. The van der Waals surface area contributed by atoms with E-state index < -0.39 is 0 Å². The molecule has 0 amide bonds. The van der Waals surface area contributed by atoms with Crippen LogP contribution >= 0.6 is 11.5 Å². The number of hydrogen-bond donors (Lipinski definition) is 1. The van der Waals surface area contributed by atoms with Gasteiger partial charge in [-0.25, -0.2) is 0 Å². The number of hydrogen-bond acceptors (Lipinski definition) is 5. The highest BCUT2D eigenvalue weighted by Gasteiger charge is 2.11. The maximum absolute atomic E-state index is 5.22. The first-order chi connectivity index (χ1) is 6.90. The number of ether oxygens (including phenoxy) is 1. The van der Waals surface area contributed by atoms with E-state index in [0.717, 1.165) is 24.5 Å². The first-order valence-corrected chi connectivity index (χ1v) is 5.54. The van der Waals surface area contributed by atoms with E-state index in [1.54, 1.807) is 0 Å². The summed E-state index contributed by atoms with van der Waals surface area (Å²) in [6, 6.07) is 0.499. The fraction of sp³-hybridized carbons (Fsp3) is 0.556. The highest BCUT2D eigenvalue weighted by atomic mass is 32.1. The van der Waals surface area contributed by atoms with Gasteiger partial charge in [0.1, 0.15) is 5.01 Å². The third kappa shape index (κ3) is 2.10. The van der Waals surface area contributed by atoms with Gasteiger partial charge < -0.3 is 10.1 Å². The Morgan fingerprint density at radius 1 is 1.64 bits per heavy atom. The van der Waals surface area contributed by atoms with Crippen LogP contribution in [0.5, 0.6) is 6.01 Å². The first-order valence-electron chi connectivity index (χ1n) is 4.77.